The van der Waals surface area contributed by atoms with Crippen LogP contribution in [0.4, 0.5) is 0 Å². The van der Waals surface area contributed by atoms with E-state index in [9.17, 15) is 9.59 Å². The number of hydrogen-bond acceptors (Lipinski definition) is 3. The van der Waals surface area contributed by atoms with Crippen LogP contribution in [0.5, 0.6) is 0 Å². The first kappa shape index (κ1) is 13.3. The predicted molar refractivity (Wildman–Crippen MR) is 71.8 cm³/mol. The fourth-order valence-electron chi connectivity index (χ4n) is 2.09. The van der Waals surface area contributed by atoms with E-state index >= 15 is 0 Å². The standard InChI is InChI=1S/C13H18N4O2/c1-8-7-10(9(2)15-8)5-6-14-13(19)11-3-4-12(18)17-16-11/h7,15H,3-6H2,1-2H3,(H,14,19)(H,17,18). The second-order valence-electron chi connectivity index (χ2n) is 4.70. The number of nitrogens with one attached hydrogen (secondary N) is 3. The lowest BCUT2D eigenvalue weighted by atomic mass is 10.1. The number of rotatable bonds is 4. The van der Waals surface area contributed by atoms with Crippen LogP contribution in [0.25, 0.3) is 0 Å². The molecule has 2 heterocycles. The summed E-state index contributed by atoms with van der Waals surface area (Å²) >= 11 is 0. The molecular weight excluding hydrogens is 244 g/mol. The zero-order chi connectivity index (χ0) is 13.8. The smallest absolute Gasteiger partial charge is 0.267 e. The molecule has 3 N–H and O–H groups in total. The fraction of sp³-hybridized carbons (Fsp3) is 0.462. The average Bonchev–Trinajstić information content (AvgIpc) is 2.68. The Kier molecular flexibility index (Phi) is 3.99. The normalized spacial score (nSPS) is 14.8. The van der Waals surface area contributed by atoms with Crippen LogP contribution >= 0.6 is 0 Å². The van der Waals surface area contributed by atoms with Gasteiger partial charge in [-0.1, -0.05) is 0 Å². The molecule has 6 heteroatoms. The number of carbonyl (C=O) groups excluding carboxylic acids is 2. The maximum absolute atomic E-state index is 11.8. The van der Waals surface area contributed by atoms with Crippen molar-refractivity contribution in [3.05, 3.63) is 23.0 Å². The van der Waals surface area contributed by atoms with Crippen LogP contribution in [0.1, 0.15) is 29.8 Å². The third-order valence-corrected chi connectivity index (χ3v) is 3.10. The number of amides is 2. The van der Waals surface area contributed by atoms with Gasteiger partial charge in [0.1, 0.15) is 5.71 Å². The number of carbonyl (C=O) groups is 2. The van der Waals surface area contributed by atoms with Gasteiger partial charge in [0.15, 0.2) is 0 Å². The summed E-state index contributed by atoms with van der Waals surface area (Å²) in [7, 11) is 0. The Labute approximate surface area is 111 Å². The average molecular weight is 262 g/mol. The molecule has 0 unspecified atom stereocenters. The molecule has 1 aromatic rings. The maximum Gasteiger partial charge on any atom is 0.267 e. The Hall–Kier alpha value is -2.11. The number of aryl methyl sites for hydroxylation is 2. The summed E-state index contributed by atoms with van der Waals surface area (Å²) in [5.74, 6) is -0.347. The van der Waals surface area contributed by atoms with Gasteiger partial charge in [-0.25, -0.2) is 5.43 Å². The molecule has 6 nitrogen and oxygen atoms in total. The van der Waals surface area contributed by atoms with E-state index < -0.39 is 0 Å². The molecule has 0 atom stereocenters. The van der Waals surface area contributed by atoms with Gasteiger partial charge in [0.05, 0.1) is 0 Å². The lowest BCUT2D eigenvalue weighted by Crippen LogP contribution is -2.37. The third kappa shape index (κ3) is 3.43. The van der Waals surface area contributed by atoms with Crippen LogP contribution in [0.3, 0.4) is 0 Å². The highest BCUT2D eigenvalue weighted by molar-refractivity contribution is 6.39. The molecular formula is C13H18N4O2. The first-order valence-electron chi connectivity index (χ1n) is 6.35. The quantitative estimate of drug-likeness (QED) is 0.740. The summed E-state index contributed by atoms with van der Waals surface area (Å²) in [5, 5.41) is 6.57. The number of H-pyrrole nitrogens is 1. The van der Waals surface area contributed by atoms with Crippen molar-refractivity contribution < 1.29 is 9.59 Å². The summed E-state index contributed by atoms with van der Waals surface area (Å²) in [6.45, 7) is 4.59. The summed E-state index contributed by atoms with van der Waals surface area (Å²) in [6, 6.07) is 2.08. The molecule has 1 aliphatic rings. The summed E-state index contributed by atoms with van der Waals surface area (Å²) in [6.07, 6.45) is 1.50. The van der Waals surface area contributed by atoms with E-state index in [-0.39, 0.29) is 11.8 Å². The zero-order valence-electron chi connectivity index (χ0n) is 11.2. The Morgan fingerprint density at radius 2 is 2.21 bits per heavy atom. The van der Waals surface area contributed by atoms with Gasteiger partial charge in [-0.2, -0.15) is 5.10 Å². The number of hydrazone groups is 1. The van der Waals surface area contributed by atoms with Crippen molar-refractivity contribution in [1.29, 1.82) is 0 Å². The highest BCUT2D eigenvalue weighted by Gasteiger charge is 2.17. The van der Waals surface area contributed by atoms with Gasteiger partial charge in [-0.3, -0.25) is 9.59 Å². The molecule has 1 aromatic heterocycles. The van der Waals surface area contributed by atoms with Crippen molar-refractivity contribution in [3.8, 4) is 0 Å². The van der Waals surface area contributed by atoms with Gasteiger partial charge in [0.2, 0.25) is 5.91 Å². The molecule has 0 aliphatic carbocycles. The molecule has 0 fully saturated rings. The van der Waals surface area contributed by atoms with Crippen LogP contribution < -0.4 is 10.7 Å². The highest BCUT2D eigenvalue weighted by atomic mass is 16.2. The van der Waals surface area contributed by atoms with Crippen molar-refractivity contribution in [3.63, 3.8) is 0 Å². The Bertz CT molecular complexity index is 531. The second kappa shape index (κ2) is 5.69. The van der Waals surface area contributed by atoms with E-state index in [4.69, 9.17) is 0 Å². The molecule has 0 aromatic carbocycles. The fourth-order valence-corrected chi connectivity index (χ4v) is 2.09. The second-order valence-corrected chi connectivity index (χ2v) is 4.70. The number of nitrogens with zero attached hydrogens (tertiary/aromatic N) is 1. The van der Waals surface area contributed by atoms with Crippen LogP contribution in [-0.2, 0) is 16.0 Å². The van der Waals surface area contributed by atoms with Gasteiger partial charge in [-0.15, -0.1) is 0 Å². The molecule has 2 amide bonds. The monoisotopic (exact) mass is 262 g/mol. The minimum absolute atomic E-state index is 0.144. The van der Waals surface area contributed by atoms with E-state index in [1.807, 2.05) is 13.8 Å². The van der Waals surface area contributed by atoms with Gasteiger partial charge < -0.3 is 10.3 Å². The SMILES string of the molecule is Cc1cc(CCNC(=O)C2=NNC(=O)CC2)c(C)[nH]1. The first-order valence-corrected chi connectivity index (χ1v) is 6.35. The Morgan fingerprint density at radius 3 is 2.79 bits per heavy atom. The van der Waals surface area contributed by atoms with E-state index in [0.29, 0.717) is 25.1 Å². The Balaban J connectivity index is 1.81. The topological polar surface area (TPSA) is 86.3 Å². The minimum atomic E-state index is -0.204. The number of aromatic amines is 1. The molecule has 0 bridgehead atoms. The summed E-state index contributed by atoms with van der Waals surface area (Å²) in [4.78, 5) is 25.9. The van der Waals surface area contributed by atoms with Crippen LogP contribution in [0.2, 0.25) is 0 Å². The lowest BCUT2D eigenvalue weighted by molar-refractivity contribution is -0.121. The molecule has 0 spiro atoms. The van der Waals surface area contributed by atoms with E-state index in [0.717, 1.165) is 17.8 Å². The van der Waals surface area contributed by atoms with Crippen LogP contribution in [-0.4, -0.2) is 29.1 Å². The highest BCUT2D eigenvalue weighted by Crippen LogP contribution is 2.09. The van der Waals surface area contributed by atoms with Crippen LogP contribution in [0.15, 0.2) is 11.2 Å². The van der Waals surface area contributed by atoms with Gasteiger partial charge >= 0.3 is 0 Å². The molecule has 2 rings (SSSR count). The van der Waals surface area contributed by atoms with Crippen LogP contribution in [0, 0.1) is 13.8 Å². The van der Waals surface area contributed by atoms with Gasteiger partial charge in [0.25, 0.3) is 5.91 Å². The van der Waals surface area contributed by atoms with Crippen molar-refractivity contribution in [2.75, 3.05) is 6.54 Å². The summed E-state index contributed by atoms with van der Waals surface area (Å²) < 4.78 is 0. The van der Waals surface area contributed by atoms with Crippen molar-refractivity contribution >= 4 is 17.5 Å². The predicted octanol–water partition coefficient (Wildman–Crippen LogP) is 0.556. The van der Waals surface area contributed by atoms with E-state index in [1.165, 1.54) is 5.56 Å². The van der Waals surface area contributed by atoms with Gasteiger partial charge in [0, 0.05) is 30.8 Å². The number of hydrogen-bond donors (Lipinski definition) is 3. The minimum Gasteiger partial charge on any atom is -0.362 e. The Morgan fingerprint density at radius 1 is 1.42 bits per heavy atom. The van der Waals surface area contributed by atoms with E-state index in [2.05, 4.69) is 26.9 Å². The van der Waals surface area contributed by atoms with Crippen molar-refractivity contribution in [1.82, 2.24) is 15.7 Å². The zero-order valence-corrected chi connectivity index (χ0v) is 11.2. The number of aromatic nitrogens is 1. The summed E-state index contributed by atoms with van der Waals surface area (Å²) in [5.41, 5.74) is 6.17. The first-order chi connectivity index (χ1) is 9.06. The van der Waals surface area contributed by atoms with E-state index in [1.54, 1.807) is 0 Å². The van der Waals surface area contributed by atoms with Gasteiger partial charge in [-0.05, 0) is 31.9 Å². The third-order valence-electron chi connectivity index (χ3n) is 3.10. The van der Waals surface area contributed by atoms with Crippen molar-refractivity contribution in [2.45, 2.75) is 33.1 Å². The largest absolute Gasteiger partial charge is 0.362 e. The molecule has 0 saturated carbocycles. The molecule has 1 aliphatic heterocycles. The molecule has 102 valence electrons. The molecule has 0 saturated heterocycles. The molecule has 0 radical (unpaired) electrons. The van der Waals surface area contributed by atoms with Crippen molar-refractivity contribution in [2.24, 2.45) is 5.10 Å². The lowest BCUT2D eigenvalue weighted by Gasteiger charge is -2.11. The molecule has 19 heavy (non-hydrogen) atoms. The maximum atomic E-state index is 11.8.